The van der Waals surface area contributed by atoms with E-state index < -0.39 is 0 Å². The van der Waals surface area contributed by atoms with Crippen molar-refractivity contribution in [1.29, 1.82) is 0 Å². The van der Waals surface area contributed by atoms with Crippen molar-refractivity contribution >= 4 is 11.4 Å². The average Bonchev–Trinajstić information content (AvgIpc) is 2.57. The number of hydrogen-bond acceptors (Lipinski definition) is 3. The minimum atomic E-state index is -0.220. The zero-order valence-electron chi connectivity index (χ0n) is 14.3. The first-order chi connectivity index (χ1) is 11.2. The van der Waals surface area contributed by atoms with Crippen molar-refractivity contribution in [3.63, 3.8) is 0 Å². The van der Waals surface area contributed by atoms with Crippen molar-refractivity contribution in [2.24, 2.45) is 5.92 Å². The van der Waals surface area contributed by atoms with Gasteiger partial charge in [-0.3, -0.25) is 0 Å². The van der Waals surface area contributed by atoms with E-state index in [0.717, 1.165) is 50.6 Å². The van der Waals surface area contributed by atoms with Crippen LogP contribution in [0.25, 0.3) is 5.70 Å². The summed E-state index contributed by atoms with van der Waals surface area (Å²) in [5.74, 6) is 0.632. The fraction of sp³-hybridized carbons (Fsp3) is 0.579. The molecule has 1 aliphatic heterocycles. The van der Waals surface area contributed by atoms with Gasteiger partial charge in [-0.05, 0) is 69.3 Å². The van der Waals surface area contributed by atoms with Crippen LogP contribution in [0.4, 0.5) is 10.1 Å². The second-order valence-corrected chi connectivity index (χ2v) is 6.36. The van der Waals surface area contributed by atoms with Crippen LogP contribution in [0.5, 0.6) is 0 Å². The Morgan fingerprint density at radius 3 is 2.78 bits per heavy atom. The van der Waals surface area contributed by atoms with E-state index in [0.29, 0.717) is 11.3 Å². The summed E-state index contributed by atoms with van der Waals surface area (Å²) in [4.78, 5) is 0. The molecule has 4 heteroatoms. The van der Waals surface area contributed by atoms with E-state index in [1.54, 1.807) is 12.1 Å². The molecule has 0 aromatic heterocycles. The van der Waals surface area contributed by atoms with E-state index in [1.807, 2.05) is 6.07 Å². The maximum absolute atomic E-state index is 14.2. The quantitative estimate of drug-likeness (QED) is 0.602. The lowest BCUT2D eigenvalue weighted by Crippen LogP contribution is -2.27. The molecule has 0 spiro atoms. The zero-order valence-corrected chi connectivity index (χ0v) is 14.3. The van der Waals surface area contributed by atoms with E-state index in [-0.39, 0.29) is 5.82 Å². The van der Waals surface area contributed by atoms with E-state index in [1.165, 1.54) is 19.3 Å². The van der Waals surface area contributed by atoms with Crippen molar-refractivity contribution in [3.05, 3.63) is 36.2 Å². The lowest BCUT2D eigenvalue weighted by Gasteiger charge is -2.22. The number of rotatable bonds is 9. The lowest BCUT2D eigenvalue weighted by molar-refractivity contribution is 0.350. The molecule has 0 radical (unpaired) electrons. The smallest absolute Gasteiger partial charge is 0.134 e. The highest BCUT2D eigenvalue weighted by atomic mass is 19.1. The molecule has 0 unspecified atom stereocenters. The van der Waals surface area contributed by atoms with Crippen LogP contribution in [0.15, 0.2) is 24.8 Å². The molecule has 0 atom stereocenters. The molecule has 1 fully saturated rings. The topological polar surface area (TPSA) is 36.1 Å². The summed E-state index contributed by atoms with van der Waals surface area (Å²) in [6.45, 7) is 10.0. The van der Waals surface area contributed by atoms with Crippen LogP contribution < -0.4 is 16.0 Å². The van der Waals surface area contributed by atoms with Gasteiger partial charge in [0.1, 0.15) is 5.82 Å². The Labute approximate surface area is 139 Å². The van der Waals surface area contributed by atoms with Gasteiger partial charge in [0.15, 0.2) is 0 Å². The first kappa shape index (κ1) is 17.8. The van der Waals surface area contributed by atoms with Crippen LogP contribution >= 0.6 is 0 Å². The fourth-order valence-corrected chi connectivity index (χ4v) is 3.03. The molecule has 128 valence electrons. The number of nitrogens with one attached hydrogen (secondary N) is 3. The molecule has 3 nitrogen and oxygen atoms in total. The first-order valence-electron chi connectivity index (χ1n) is 8.88. The Kier molecular flexibility index (Phi) is 7.40. The molecular weight excluding hydrogens is 289 g/mol. The Balaban J connectivity index is 1.75. The SMILES string of the molecule is C=C(NCCC)c1ccc(NCCCC2CCNCC2)cc1F. The zero-order chi connectivity index (χ0) is 16.5. The Hall–Kier alpha value is -1.55. The Morgan fingerprint density at radius 1 is 1.30 bits per heavy atom. The second kappa shape index (κ2) is 9.56. The maximum Gasteiger partial charge on any atom is 0.134 e. The number of benzene rings is 1. The molecule has 0 saturated carbocycles. The van der Waals surface area contributed by atoms with Crippen LogP contribution in [0, 0.1) is 11.7 Å². The second-order valence-electron chi connectivity index (χ2n) is 6.36. The molecule has 23 heavy (non-hydrogen) atoms. The van der Waals surface area contributed by atoms with Crippen LogP contribution in [0.3, 0.4) is 0 Å². The monoisotopic (exact) mass is 319 g/mol. The summed E-state index contributed by atoms with van der Waals surface area (Å²) < 4.78 is 14.2. The van der Waals surface area contributed by atoms with Crippen LogP contribution in [-0.4, -0.2) is 26.2 Å². The third kappa shape index (κ3) is 5.87. The van der Waals surface area contributed by atoms with Gasteiger partial charge in [-0.25, -0.2) is 4.39 Å². The predicted octanol–water partition coefficient (Wildman–Crippen LogP) is 3.99. The van der Waals surface area contributed by atoms with Gasteiger partial charge in [0.25, 0.3) is 0 Å². The van der Waals surface area contributed by atoms with Crippen molar-refractivity contribution in [2.75, 3.05) is 31.5 Å². The lowest BCUT2D eigenvalue weighted by atomic mass is 9.93. The normalized spacial score (nSPS) is 15.4. The highest BCUT2D eigenvalue weighted by Gasteiger charge is 2.12. The van der Waals surface area contributed by atoms with E-state index in [9.17, 15) is 4.39 Å². The van der Waals surface area contributed by atoms with Crippen molar-refractivity contribution < 1.29 is 4.39 Å². The molecule has 1 saturated heterocycles. The molecule has 3 N–H and O–H groups in total. The third-order valence-corrected chi connectivity index (χ3v) is 4.46. The van der Waals surface area contributed by atoms with E-state index in [2.05, 4.69) is 29.5 Å². The van der Waals surface area contributed by atoms with Crippen LogP contribution in [0.2, 0.25) is 0 Å². The summed E-state index contributed by atoms with van der Waals surface area (Å²) in [5, 5.41) is 9.86. The van der Waals surface area contributed by atoms with Crippen LogP contribution in [0.1, 0.15) is 44.6 Å². The number of anilines is 1. The predicted molar refractivity (Wildman–Crippen MR) is 97.0 cm³/mol. The molecule has 0 aliphatic carbocycles. The number of piperidine rings is 1. The van der Waals surface area contributed by atoms with Gasteiger partial charge in [-0.15, -0.1) is 0 Å². The maximum atomic E-state index is 14.2. The summed E-state index contributed by atoms with van der Waals surface area (Å²) in [5.41, 5.74) is 2.06. The Bertz CT molecular complexity index is 495. The minimum absolute atomic E-state index is 0.220. The molecule has 1 aromatic rings. The summed E-state index contributed by atoms with van der Waals surface area (Å²) in [6.07, 6.45) is 5.97. The molecule has 1 aliphatic rings. The van der Waals surface area contributed by atoms with Crippen molar-refractivity contribution in [2.45, 2.75) is 39.0 Å². The van der Waals surface area contributed by atoms with E-state index >= 15 is 0 Å². The number of halogens is 1. The standard InChI is InChI=1S/C19H30FN3/c1-3-10-22-15(2)18-7-6-17(14-19(18)20)23-11-4-5-16-8-12-21-13-9-16/h6-7,14,16,21-23H,2-5,8-13H2,1H3. The minimum Gasteiger partial charge on any atom is -0.385 e. The first-order valence-corrected chi connectivity index (χ1v) is 8.88. The highest BCUT2D eigenvalue weighted by molar-refractivity contribution is 5.64. The third-order valence-electron chi connectivity index (χ3n) is 4.46. The van der Waals surface area contributed by atoms with Crippen LogP contribution in [-0.2, 0) is 0 Å². The van der Waals surface area contributed by atoms with Gasteiger partial charge in [0.05, 0.1) is 0 Å². The Morgan fingerprint density at radius 2 is 2.09 bits per heavy atom. The van der Waals surface area contributed by atoms with Gasteiger partial charge in [0, 0.05) is 30.0 Å². The largest absolute Gasteiger partial charge is 0.385 e. The molecule has 2 rings (SSSR count). The average molecular weight is 319 g/mol. The molecule has 0 amide bonds. The van der Waals surface area contributed by atoms with Gasteiger partial charge in [-0.2, -0.15) is 0 Å². The van der Waals surface area contributed by atoms with Crippen molar-refractivity contribution in [3.8, 4) is 0 Å². The summed E-state index contributed by atoms with van der Waals surface area (Å²) in [6, 6.07) is 5.30. The summed E-state index contributed by atoms with van der Waals surface area (Å²) >= 11 is 0. The molecule has 1 heterocycles. The van der Waals surface area contributed by atoms with Gasteiger partial charge in [-0.1, -0.05) is 13.5 Å². The molecule has 1 aromatic carbocycles. The van der Waals surface area contributed by atoms with Crippen molar-refractivity contribution in [1.82, 2.24) is 10.6 Å². The fourth-order valence-electron chi connectivity index (χ4n) is 3.03. The van der Waals surface area contributed by atoms with Gasteiger partial charge in [0.2, 0.25) is 0 Å². The highest BCUT2D eigenvalue weighted by Crippen LogP contribution is 2.20. The molecular formula is C19H30FN3. The van der Waals surface area contributed by atoms with E-state index in [4.69, 9.17) is 0 Å². The van der Waals surface area contributed by atoms with Gasteiger partial charge >= 0.3 is 0 Å². The summed E-state index contributed by atoms with van der Waals surface area (Å²) in [7, 11) is 0. The number of hydrogen-bond donors (Lipinski definition) is 3. The van der Waals surface area contributed by atoms with Gasteiger partial charge < -0.3 is 16.0 Å². The molecule has 0 bridgehead atoms.